The summed E-state index contributed by atoms with van der Waals surface area (Å²) in [7, 11) is -2.35. The second-order valence-electron chi connectivity index (χ2n) is 3.74. The molecule has 0 heterocycles. The van der Waals surface area contributed by atoms with Crippen LogP contribution in [-0.4, -0.2) is 37.5 Å². The summed E-state index contributed by atoms with van der Waals surface area (Å²) in [5.41, 5.74) is 0.102. The first-order valence-corrected chi connectivity index (χ1v) is 6.47. The fourth-order valence-corrected chi connectivity index (χ4v) is 2.81. The van der Waals surface area contributed by atoms with Gasteiger partial charge in [0, 0.05) is 13.6 Å². The number of rotatable bonds is 4. The Morgan fingerprint density at radius 3 is 2.59 bits per heavy atom. The van der Waals surface area contributed by atoms with Crippen LogP contribution in [-0.2, 0) is 10.0 Å². The van der Waals surface area contributed by atoms with Crippen LogP contribution in [0.1, 0.15) is 12.5 Å². The average molecular weight is 254 g/mol. The van der Waals surface area contributed by atoms with Gasteiger partial charge >= 0.3 is 0 Å². The van der Waals surface area contributed by atoms with E-state index >= 15 is 0 Å². The second-order valence-corrected chi connectivity index (χ2v) is 5.76. The number of aliphatic hydroxyl groups is 1. The zero-order valence-corrected chi connectivity index (χ0v) is 10.5. The molecule has 17 heavy (non-hydrogen) atoms. The maximum atomic E-state index is 12.1. The molecule has 1 unspecified atom stereocenters. The summed E-state index contributed by atoms with van der Waals surface area (Å²) in [5, 5.41) is 18.1. The second kappa shape index (κ2) is 5.27. The molecule has 0 radical (unpaired) electrons. The lowest BCUT2D eigenvalue weighted by Crippen LogP contribution is -2.33. The van der Waals surface area contributed by atoms with Gasteiger partial charge in [0.2, 0.25) is 10.0 Å². The molecule has 0 aromatic heterocycles. The molecule has 0 aliphatic heterocycles. The van der Waals surface area contributed by atoms with Crippen LogP contribution >= 0.6 is 0 Å². The molecule has 0 aliphatic rings. The summed E-state index contributed by atoms with van der Waals surface area (Å²) in [4.78, 5) is -0.0364. The molecular weight excluding hydrogens is 240 g/mol. The molecule has 0 fully saturated rings. The zero-order chi connectivity index (χ0) is 13.1. The van der Waals surface area contributed by atoms with Crippen molar-refractivity contribution in [3.05, 3.63) is 29.8 Å². The third kappa shape index (κ3) is 3.03. The summed E-state index contributed by atoms with van der Waals surface area (Å²) in [5.74, 6) is 0. The van der Waals surface area contributed by atoms with Crippen molar-refractivity contribution in [2.45, 2.75) is 17.9 Å². The molecule has 0 saturated heterocycles. The van der Waals surface area contributed by atoms with E-state index in [4.69, 9.17) is 5.26 Å². The van der Waals surface area contributed by atoms with Gasteiger partial charge < -0.3 is 5.11 Å². The van der Waals surface area contributed by atoms with Crippen molar-refractivity contribution in [2.24, 2.45) is 0 Å². The number of aliphatic hydroxyl groups excluding tert-OH is 1. The third-order valence-corrected chi connectivity index (χ3v) is 4.10. The van der Waals surface area contributed by atoms with E-state index in [1.165, 1.54) is 26.1 Å². The minimum absolute atomic E-state index is 0.0118. The highest BCUT2D eigenvalue weighted by Crippen LogP contribution is 2.18. The van der Waals surface area contributed by atoms with Crippen molar-refractivity contribution in [3.63, 3.8) is 0 Å². The smallest absolute Gasteiger partial charge is 0.244 e. The van der Waals surface area contributed by atoms with Crippen molar-refractivity contribution in [1.29, 1.82) is 5.26 Å². The van der Waals surface area contributed by atoms with E-state index in [0.29, 0.717) is 0 Å². The van der Waals surface area contributed by atoms with E-state index in [-0.39, 0.29) is 17.0 Å². The van der Waals surface area contributed by atoms with Gasteiger partial charge in [-0.25, -0.2) is 8.42 Å². The zero-order valence-electron chi connectivity index (χ0n) is 9.66. The molecule has 0 saturated carbocycles. The van der Waals surface area contributed by atoms with Crippen molar-refractivity contribution in [2.75, 3.05) is 13.6 Å². The van der Waals surface area contributed by atoms with Crippen LogP contribution in [0.15, 0.2) is 29.2 Å². The summed E-state index contributed by atoms with van der Waals surface area (Å²) < 4.78 is 25.3. The molecule has 0 amide bonds. The normalized spacial score (nSPS) is 13.4. The van der Waals surface area contributed by atoms with Gasteiger partial charge in [0.15, 0.2) is 0 Å². The molecule has 0 spiro atoms. The van der Waals surface area contributed by atoms with Crippen LogP contribution in [0.25, 0.3) is 0 Å². The predicted octanol–water partition coefficient (Wildman–Crippen LogP) is 0.560. The molecule has 92 valence electrons. The number of nitriles is 1. The molecule has 5 nitrogen and oxygen atoms in total. The van der Waals surface area contributed by atoms with E-state index in [2.05, 4.69) is 0 Å². The van der Waals surface area contributed by atoms with Gasteiger partial charge in [-0.3, -0.25) is 0 Å². The standard InChI is InChI=1S/C11H14N2O3S/c1-9(14)8-13(2)17(15,16)11-6-4-3-5-10(11)7-12/h3-6,9,14H,8H2,1-2H3. The molecule has 6 heteroatoms. The van der Waals surface area contributed by atoms with E-state index < -0.39 is 16.1 Å². The molecule has 1 atom stereocenters. The summed E-state index contributed by atoms with van der Waals surface area (Å²) >= 11 is 0. The molecule has 1 aromatic rings. The SMILES string of the molecule is CC(O)CN(C)S(=O)(=O)c1ccccc1C#N. The van der Waals surface area contributed by atoms with Crippen LogP contribution in [0.4, 0.5) is 0 Å². The Kier molecular flexibility index (Phi) is 4.23. The van der Waals surface area contributed by atoms with Crippen molar-refractivity contribution < 1.29 is 13.5 Å². The minimum Gasteiger partial charge on any atom is -0.392 e. The fourth-order valence-electron chi connectivity index (χ4n) is 1.42. The Labute approximate surface area is 101 Å². The Hall–Kier alpha value is -1.42. The monoisotopic (exact) mass is 254 g/mol. The lowest BCUT2D eigenvalue weighted by atomic mass is 10.2. The fraction of sp³-hybridized carbons (Fsp3) is 0.364. The van der Waals surface area contributed by atoms with Gasteiger partial charge in [-0.05, 0) is 19.1 Å². The molecule has 1 rings (SSSR count). The van der Waals surface area contributed by atoms with Crippen LogP contribution in [0.5, 0.6) is 0 Å². The maximum Gasteiger partial charge on any atom is 0.244 e. The number of hydrogen-bond acceptors (Lipinski definition) is 4. The van der Waals surface area contributed by atoms with Crippen molar-refractivity contribution >= 4 is 10.0 Å². The highest BCUT2D eigenvalue weighted by Gasteiger charge is 2.24. The Morgan fingerprint density at radius 2 is 2.06 bits per heavy atom. The Bertz CT molecular complexity index is 532. The van der Waals surface area contributed by atoms with Crippen LogP contribution in [0.2, 0.25) is 0 Å². The largest absolute Gasteiger partial charge is 0.392 e. The Balaban J connectivity index is 3.18. The first-order chi connectivity index (χ1) is 7.89. The van der Waals surface area contributed by atoms with Gasteiger partial charge in [-0.1, -0.05) is 12.1 Å². The summed E-state index contributed by atoms with van der Waals surface area (Å²) in [6.45, 7) is 1.49. The molecular formula is C11H14N2O3S. The van der Waals surface area contributed by atoms with Gasteiger partial charge in [-0.15, -0.1) is 0 Å². The lowest BCUT2D eigenvalue weighted by Gasteiger charge is -2.19. The van der Waals surface area contributed by atoms with Crippen LogP contribution in [0.3, 0.4) is 0 Å². The highest BCUT2D eigenvalue weighted by molar-refractivity contribution is 7.89. The first kappa shape index (κ1) is 13.6. The molecule has 0 aliphatic carbocycles. The highest BCUT2D eigenvalue weighted by atomic mass is 32.2. The van der Waals surface area contributed by atoms with E-state index in [9.17, 15) is 13.5 Å². The minimum atomic E-state index is -3.73. The van der Waals surface area contributed by atoms with Gasteiger partial charge in [-0.2, -0.15) is 9.57 Å². The predicted molar refractivity (Wildman–Crippen MR) is 62.7 cm³/mol. The van der Waals surface area contributed by atoms with Crippen LogP contribution < -0.4 is 0 Å². The summed E-state index contributed by atoms with van der Waals surface area (Å²) in [6, 6.07) is 7.83. The molecule has 1 N–H and O–H groups in total. The van der Waals surface area contributed by atoms with Crippen molar-refractivity contribution in [1.82, 2.24) is 4.31 Å². The lowest BCUT2D eigenvalue weighted by molar-refractivity contribution is 0.171. The average Bonchev–Trinajstić information content (AvgIpc) is 2.28. The topological polar surface area (TPSA) is 81.4 Å². The third-order valence-electron chi connectivity index (χ3n) is 2.22. The Morgan fingerprint density at radius 1 is 1.47 bits per heavy atom. The number of hydrogen-bond donors (Lipinski definition) is 1. The molecule has 0 bridgehead atoms. The molecule has 1 aromatic carbocycles. The van der Waals surface area contributed by atoms with Gasteiger partial charge in [0.1, 0.15) is 6.07 Å². The summed E-state index contributed by atoms with van der Waals surface area (Å²) in [6.07, 6.45) is -0.760. The quantitative estimate of drug-likeness (QED) is 0.851. The van der Waals surface area contributed by atoms with Crippen molar-refractivity contribution in [3.8, 4) is 6.07 Å². The van der Waals surface area contributed by atoms with E-state index in [1.807, 2.05) is 6.07 Å². The number of benzene rings is 1. The van der Waals surface area contributed by atoms with Crippen LogP contribution in [0, 0.1) is 11.3 Å². The number of nitrogens with zero attached hydrogens (tertiary/aromatic N) is 2. The van der Waals surface area contributed by atoms with E-state index in [1.54, 1.807) is 12.1 Å². The maximum absolute atomic E-state index is 12.1. The number of likely N-dealkylation sites (N-methyl/N-ethyl adjacent to an activating group) is 1. The first-order valence-electron chi connectivity index (χ1n) is 5.03. The van der Waals surface area contributed by atoms with Gasteiger partial charge in [0.05, 0.1) is 16.6 Å². The van der Waals surface area contributed by atoms with Gasteiger partial charge in [0.25, 0.3) is 0 Å². The van der Waals surface area contributed by atoms with E-state index in [0.717, 1.165) is 4.31 Å². The number of sulfonamides is 1.